The first-order valence-corrected chi connectivity index (χ1v) is 7.24. The molecule has 4 nitrogen and oxygen atoms in total. The maximum atomic E-state index is 5.85. The van der Waals surface area contributed by atoms with Crippen LogP contribution in [0.5, 0.6) is 5.75 Å². The third-order valence-electron chi connectivity index (χ3n) is 3.29. The van der Waals surface area contributed by atoms with Gasteiger partial charge in [0.05, 0.1) is 20.2 Å². The molecule has 2 aromatic rings. The minimum absolute atomic E-state index is 0.456. The molecule has 0 aliphatic heterocycles. The van der Waals surface area contributed by atoms with Crippen molar-refractivity contribution in [1.82, 2.24) is 5.32 Å². The fourth-order valence-electron chi connectivity index (χ4n) is 2.08. The average molecular weight is 288 g/mol. The summed E-state index contributed by atoms with van der Waals surface area (Å²) in [6.07, 6.45) is 0. The maximum absolute atomic E-state index is 5.85. The Kier molecular flexibility index (Phi) is 5.28. The number of hydrogen-bond acceptors (Lipinski definition) is 4. The van der Waals surface area contributed by atoms with Gasteiger partial charge in [-0.3, -0.25) is 0 Å². The van der Waals surface area contributed by atoms with Crippen molar-refractivity contribution in [3.8, 4) is 5.75 Å². The Labute approximate surface area is 126 Å². The van der Waals surface area contributed by atoms with Gasteiger partial charge in [-0.25, -0.2) is 0 Å². The molecule has 0 atom stereocenters. The molecule has 0 spiro atoms. The molecule has 0 fully saturated rings. The highest BCUT2D eigenvalue weighted by molar-refractivity contribution is 5.50. The SMILES string of the molecule is COc1cccc(N(C)Cc2ccc(CNC(C)C)o2)c1. The second-order valence-electron chi connectivity index (χ2n) is 5.46. The largest absolute Gasteiger partial charge is 0.497 e. The second kappa shape index (κ2) is 7.18. The van der Waals surface area contributed by atoms with Gasteiger partial charge in [0.2, 0.25) is 0 Å². The van der Waals surface area contributed by atoms with Crippen molar-refractivity contribution in [3.05, 3.63) is 47.9 Å². The molecule has 0 radical (unpaired) electrons. The quantitative estimate of drug-likeness (QED) is 0.847. The molecule has 4 heteroatoms. The predicted molar refractivity (Wildman–Crippen MR) is 85.8 cm³/mol. The van der Waals surface area contributed by atoms with Crippen molar-refractivity contribution < 1.29 is 9.15 Å². The zero-order valence-electron chi connectivity index (χ0n) is 13.2. The third-order valence-corrected chi connectivity index (χ3v) is 3.29. The van der Waals surface area contributed by atoms with E-state index in [9.17, 15) is 0 Å². The zero-order chi connectivity index (χ0) is 15.2. The van der Waals surface area contributed by atoms with Crippen molar-refractivity contribution in [1.29, 1.82) is 0 Å². The smallest absolute Gasteiger partial charge is 0.123 e. The van der Waals surface area contributed by atoms with Crippen molar-refractivity contribution in [2.45, 2.75) is 33.0 Å². The summed E-state index contributed by atoms with van der Waals surface area (Å²) in [5.41, 5.74) is 1.10. The van der Waals surface area contributed by atoms with E-state index in [0.717, 1.165) is 36.0 Å². The number of benzene rings is 1. The summed E-state index contributed by atoms with van der Waals surface area (Å²) in [7, 11) is 3.73. The molecule has 114 valence electrons. The predicted octanol–water partition coefficient (Wildman–Crippen LogP) is 3.42. The van der Waals surface area contributed by atoms with Gasteiger partial charge >= 0.3 is 0 Å². The molecule has 0 saturated heterocycles. The van der Waals surface area contributed by atoms with Gasteiger partial charge in [0, 0.05) is 24.8 Å². The van der Waals surface area contributed by atoms with Gasteiger partial charge in [0.25, 0.3) is 0 Å². The summed E-state index contributed by atoms with van der Waals surface area (Å²) in [5, 5.41) is 3.35. The van der Waals surface area contributed by atoms with Crippen molar-refractivity contribution in [3.63, 3.8) is 0 Å². The number of hydrogen-bond donors (Lipinski definition) is 1. The van der Waals surface area contributed by atoms with E-state index in [1.807, 2.05) is 37.4 Å². The van der Waals surface area contributed by atoms with Gasteiger partial charge in [0.15, 0.2) is 0 Å². The second-order valence-corrected chi connectivity index (χ2v) is 5.46. The van der Waals surface area contributed by atoms with Crippen LogP contribution in [-0.4, -0.2) is 20.2 Å². The fourth-order valence-corrected chi connectivity index (χ4v) is 2.08. The molecule has 0 saturated carbocycles. The molecular weight excluding hydrogens is 264 g/mol. The van der Waals surface area contributed by atoms with Crippen LogP contribution in [-0.2, 0) is 13.1 Å². The molecule has 1 N–H and O–H groups in total. The van der Waals surface area contributed by atoms with E-state index in [0.29, 0.717) is 6.04 Å². The van der Waals surface area contributed by atoms with Crippen LogP contribution in [0.15, 0.2) is 40.8 Å². The van der Waals surface area contributed by atoms with E-state index in [1.165, 1.54) is 0 Å². The highest BCUT2D eigenvalue weighted by Crippen LogP contribution is 2.22. The molecule has 2 rings (SSSR count). The number of ether oxygens (including phenoxy) is 1. The van der Waals surface area contributed by atoms with E-state index < -0.39 is 0 Å². The number of anilines is 1. The minimum Gasteiger partial charge on any atom is -0.497 e. The number of rotatable bonds is 7. The van der Waals surface area contributed by atoms with Crippen LogP contribution in [0.3, 0.4) is 0 Å². The Balaban J connectivity index is 1.97. The van der Waals surface area contributed by atoms with Gasteiger partial charge in [-0.15, -0.1) is 0 Å². The van der Waals surface area contributed by atoms with Crippen LogP contribution in [0.25, 0.3) is 0 Å². The first-order chi connectivity index (χ1) is 10.1. The van der Waals surface area contributed by atoms with E-state index in [-0.39, 0.29) is 0 Å². The van der Waals surface area contributed by atoms with Gasteiger partial charge in [-0.05, 0) is 24.3 Å². The Morgan fingerprint density at radius 1 is 1.19 bits per heavy atom. The van der Waals surface area contributed by atoms with Gasteiger partial charge in [0.1, 0.15) is 17.3 Å². The molecule has 21 heavy (non-hydrogen) atoms. The molecule has 0 aliphatic carbocycles. The van der Waals surface area contributed by atoms with Crippen LogP contribution in [0.2, 0.25) is 0 Å². The molecule has 0 amide bonds. The molecule has 1 aromatic heterocycles. The van der Waals surface area contributed by atoms with Crippen LogP contribution in [0.4, 0.5) is 5.69 Å². The molecule has 0 bridgehead atoms. The number of nitrogens with zero attached hydrogens (tertiary/aromatic N) is 1. The normalized spacial score (nSPS) is 10.9. The Morgan fingerprint density at radius 3 is 2.67 bits per heavy atom. The van der Waals surface area contributed by atoms with E-state index >= 15 is 0 Å². The van der Waals surface area contributed by atoms with Gasteiger partial charge < -0.3 is 19.4 Å². The third kappa shape index (κ3) is 4.53. The lowest BCUT2D eigenvalue weighted by Gasteiger charge is -2.18. The molecule has 1 heterocycles. The van der Waals surface area contributed by atoms with Crippen LogP contribution in [0.1, 0.15) is 25.4 Å². The summed E-state index contributed by atoms with van der Waals surface area (Å²) in [6.45, 7) is 5.75. The Bertz CT molecular complexity index is 563. The first-order valence-electron chi connectivity index (χ1n) is 7.24. The lowest BCUT2D eigenvalue weighted by Crippen LogP contribution is -2.21. The zero-order valence-corrected chi connectivity index (χ0v) is 13.2. The van der Waals surface area contributed by atoms with E-state index in [1.54, 1.807) is 7.11 Å². The van der Waals surface area contributed by atoms with E-state index in [2.05, 4.69) is 30.1 Å². The molecular formula is C17H24N2O2. The summed E-state index contributed by atoms with van der Waals surface area (Å²) in [6, 6.07) is 12.5. The number of furan rings is 1. The molecule has 0 aliphatic rings. The van der Waals surface area contributed by atoms with Crippen molar-refractivity contribution in [2.75, 3.05) is 19.1 Å². The molecule has 0 unspecified atom stereocenters. The molecule has 1 aromatic carbocycles. The lowest BCUT2D eigenvalue weighted by atomic mass is 10.2. The lowest BCUT2D eigenvalue weighted by molar-refractivity contribution is 0.414. The van der Waals surface area contributed by atoms with E-state index in [4.69, 9.17) is 9.15 Å². The maximum Gasteiger partial charge on any atom is 0.123 e. The van der Waals surface area contributed by atoms with Gasteiger partial charge in [-0.1, -0.05) is 19.9 Å². The fraction of sp³-hybridized carbons (Fsp3) is 0.412. The minimum atomic E-state index is 0.456. The van der Waals surface area contributed by atoms with Crippen molar-refractivity contribution in [2.24, 2.45) is 0 Å². The number of nitrogens with one attached hydrogen (secondary N) is 1. The van der Waals surface area contributed by atoms with Crippen LogP contribution < -0.4 is 15.0 Å². The van der Waals surface area contributed by atoms with Crippen LogP contribution in [0, 0.1) is 0 Å². The highest BCUT2D eigenvalue weighted by Gasteiger charge is 2.07. The summed E-state index contributed by atoms with van der Waals surface area (Å²) in [4.78, 5) is 2.14. The number of methoxy groups -OCH3 is 1. The highest BCUT2D eigenvalue weighted by atomic mass is 16.5. The van der Waals surface area contributed by atoms with Gasteiger partial charge in [-0.2, -0.15) is 0 Å². The summed E-state index contributed by atoms with van der Waals surface area (Å²) >= 11 is 0. The van der Waals surface area contributed by atoms with Crippen LogP contribution >= 0.6 is 0 Å². The summed E-state index contributed by atoms with van der Waals surface area (Å²) in [5.74, 6) is 2.79. The standard InChI is InChI=1S/C17H24N2O2/c1-13(2)18-11-16-8-9-17(21-16)12-19(3)14-6-5-7-15(10-14)20-4/h5-10,13,18H,11-12H2,1-4H3. The average Bonchev–Trinajstić information content (AvgIpc) is 2.92. The summed E-state index contributed by atoms with van der Waals surface area (Å²) < 4.78 is 11.1. The van der Waals surface area contributed by atoms with Crippen molar-refractivity contribution >= 4 is 5.69 Å². The monoisotopic (exact) mass is 288 g/mol. The Hall–Kier alpha value is -1.94. The first kappa shape index (κ1) is 15.4. The Morgan fingerprint density at radius 2 is 1.95 bits per heavy atom. The topological polar surface area (TPSA) is 37.6 Å².